The van der Waals surface area contributed by atoms with Gasteiger partial charge in [-0.25, -0.2) is 9.37 Å². The van der Waals surface area contributed by atoms with Crippen LogP contribution in [0.15, 0.2) is 23.0 Å². The van der Waals surface area contributed by atoms with Crippen molar-refractivity contribution in [2.75, 3.05) is 11.9 Å². The van der Waals surface area contributed by atoms with Gasteiger partial charge >= 0.3 is 0 Å². The number of halogens is 1. The molecule has 0 saturated carbocycles. The second-order valence-corrected chi connectivity index (χ2v) is 6.31. The maximum absolute atomic E-state index is 13.7. The summed E-state index contributed by atoms with van der Waals surface area (Å²) in [6.45, 7) is 1.97. The number of amides is 1. The molecular weight excluding hydrogens is 350 g/mol. The van der Waals surface area contributed by atoms with Crippen LogP contribution < -0.4 is 16.2 Å². The van der Waals surface area contributed by atoms with Gasteiger partial charge < -0.3 is 4.57 Å². The summed E-state index contributed by atoms with van der Waals surface area (Å²) in [5.74, 6) is -0.432. The van der Waals surface area contributed by atoms with Crippen molar-refractivity contribution in [3.8, 4) is 6.07 Å². The number of rotatable bonds is 3. The van der Waals surface area contributed by atoms with Crippen LogP contribution in [-0.4, -0.2) is 39.3 Å². The fraction of sp³-hybridized carbons (Fsp3) is 0.235. The summed E-state index contributed by atoms with van der Waals surface area (Å²) in [7, 11) is 2.08. The van der Waals surface area contributed by atoms with Crippen LogP contribution in [0.25, 0.3) is 11.2 Å². The molecule has 8 nitrogen and oxygen atoms in total. The van der Waals surface area contributed by atoms with Gasteiger partial charge in [-0.2, -0.15) is 10.2 Å². The molecule has 27 heavy (non-hydrogen) atoms. The maximum atomic E-state index is 13.7. The van der Waals surface area contributed by atoms with Gasteiger partial charge in [0, 0.05) is 7.05 Å². The number of carbonyl (C=O) groups is 1. The molecule has 3 heterocycles. The van der Waals surface area contributed by atoms with E-state index in [1.165, 1.54) is 27.7 Å². The Hall–Kier alpha value is -3.48. The first-order chi connectivity index (χ1) is 12.9. The smallest absolute Gasteiger partial charge is 0.283 e. The largest absolute Gasteiger partial charge is 0.316 e. The van der Waals surface area contributed by atoms with Gasteiger partial charge in [0.25, 0.3) is 5.56 Å². The Morgan fingerprint density at radius 2 is 2.11 bits per heavy atom. The van der Waals surface area contributed by atoms with E-state index in [1.54, 1.807) is 11.6 Å². The van der Waals surface area contributed by atoms with Gasteiger partial charge in [-0.15, -0.1) is 0 Å². The molecule has 0 radical (unpaired) electrons. The monoisotopic (exact) mass is 364 g/mol. The lowest BCUT2D eigenvalue weighted by Crippen LogP contribution is -2.26. The van der Waals surface area contributed by atoms with Gasteiger partial charge in [0.15, 0.2) is 11.2 Å². The molecule has 0 N–H and O–H groups in total. The predicted octanol–water partition coefficient (Wildman–Crippen LogP) is -0.262. The molecule has 0 saturated heterocycles. The van der Waals surface area contributed by atoms with Crippen LogP contribution in [0.4, 0.5) is 10.3 Å². The summed E-state index contributed by atoms with van der Waals surface area (Å²) in [5.41, 5.74) is 1.50. The SMILES string of the molecule is CBc1nc2c(=O)n3c(nc2n1Cc1cc(F)ccc1C#N)N(C)C(=O)C3. The molecule has 0 spiro atoms. The molecule has 3 aromatic rings. The summed E-state index contributed by atoms with van der Waals surface area (Å²) in [6, 6.07) is 5.99. The average molecular weight is 364 g/mol. The molecule has 0 unspecified atom stereocenters. The molecule has 134 valence electrons. The summed E-state index contributed by atoms with van der Waals surface area (Å²) in [5, 5.41) is 9.30. The molecule has 1 aliphatic heterocycles. The Morgan fingerprint density at radius 3 is 2.81 bits per heavy atom. The van der Waals surface area contributed by atoms with Crippen LogP contribution in [-0.2, 0) is 17.9 Å². The number of likely N-dealkylation sites (N-methyl/N-ethyl adjacent to an activating group) is 1. The number of nitriles is 1. The van der Waals surface area contributed by atoms with Crippen molar-refractivity contribution in [2.45, 2.75) is 19.9 Å². The zero-order valence-electron chi connectivity index (χ0n) is 14.7. The number of hydrogen-bond donors (Lipinski definition) is 0. The van der Waals surface area contributed by atoms with Crippen molar-refractivity contribution >= 4 is 36.0 Å². The van der Waals surface area contributed by atoms with E-state index in [-0.39, 0.29) is 36.0 Å². The highest BCUT2D eigenvalue weighted by atomic mass is 19.1. The van der Waals surface area contributed by atoms with E-state index >= 15 is 0 Å². The maximum Gasteiger partial charge on any atom is 0.283 e. The summed E-state index contributed by atoms with van der Waals surface area (Å²) < 4.78 is 16.7. The van der Waals surface area contributed by atoms with E-state index in [0.717, 1.165) is 0 Å². The van der Waals surface area contributed by atoms with E-state index in [2.05, 4.69) is 9.97 Å². The fourth-order valence-electron chi connectivity index (χ4n) is 3.28. The third-order valence-corrected chi connectivity index (χ3v) is 4.71. The van der Waals surface area contributed by atoms with Gasteiger partial charge in [-0.1, -0.05) is 6.82 Å². The topological polar surface area (TPSA) is 96.8 Å². The zero-order chi connectivity index (χ0) is 19.3. The second kappa shape index (κ2) is 6.05. The molecule has 0 aliphatic carbocycles. The van der Waals surface area contributed by atoms with Gasteiger partial charge in [-0.3, -0.25) is 19.1 Å². The van der Waals surface area contributed by atoms with Gasteiger partial charge in [0.05, 0.1) is 23.9 Å². The molecule has 2 aromatic heterocycles. The first-order valence-corrected chi connectivity index (χ1v) is 8.39. The molecular formula is C17H14BFN6O2. The molecule has 0 atom stereocenters. The lowest BCUT2D eigenvalue weighted by Gasteiger charge is -2.11. The second-order valence-electron chi connectivity index (χ2n) is 6.31. The van der Waals surface area contributed by atoms with Crippen molar-refractivity contribution in [3.05, 3.63) is 45.5 Å². The Bertz CT molecular complexity index is 1210. The standard InChI is InChI=1S/C17H14BFN6O2/c1-18-16-21-13-14(22-17-23(2)12(26)8-25(17)15(13)27)24(16)7-10-5-11(19)4-3-9(10)6-20/h3-5,18H,7-8H2,1-2H3. The molecule has 1 aliphatic rings. The van der Waals surface area contributed by atoms with Crippen LogP contribution in [0, 0.1) is 17.1 Å². The molecule has 1 aromatic carbocycles. The number of hydrogen-bond acceptors (Lipinski definition) is 5. The van der Waals surface area contributed by atoms with Gasteiger partial charge in [0.2, 0.25) is 19.1 Å². The molecule has 0 fully saturated rings. The highest BCUT2D eigenvalue weighted by molar-refractivity contribution is 6.50. The van der Waals surface area contributed by atoms with Crippen LogP contribution >= 0.6 is 0 Å². The number of benzene rings is 1. The highest BCUT2D eigenvalue weighted by Crippen LogP contribution is 2.20. The normalized spacial score (nSPS) is 13.1. The average Bonchev–Trinajstić information content (AvgIpc) is 3.15. The lowest BCUT2D eigenvalue weighted by atomic mass is 9.81. The lowest BCUT2D eigenvalue weighted by molar-refractivity contribution is -0.117. The number of nitrogens with zero attached hydrogens (tertiary/aromatic N) is 6. The van der Waals surface area contributed by atoms with Crippen LogP contribution in [0.3, 0.4) is 0 Å². The fourth-order valence-corrected chi connectivity index (χ4v) is 3.28. The molecule has 0 bridgehead atoms. The third-order valence-electron chi connectivity index (χ3n) is 4.71. The Morgan fingerprint density at radius 1 is 1.33 bits per heavy atom. The first-order valence-electron chi connectivity index (χ1n) is 8.39. The van der Waals surface area contributed by atoms with E-state index in [9.17, 15) is 19.2 Å². The molecule has 1 amide bonds. The minimum Gasteiger partial charge on any atom is -0.316 e. The summed E-state index contributed by atoms with van der Waals surface area (Å²) >= 11 is 0. The number of fused-ring (bicyclic) bond motifs is 2. The quantitative estimate of drug-likeness (QED) is 0.597. The minimum atomic E-state index is -0.453. The van der Waals surface area contributed by atoms with Crippen LogP contribution in [0.1, 0.15) is 11.1 Å². The predicted molar refractivity (Wildman–Crippen MR) is 98.1 cm³/mol. The first kappa shape index (κ1) is 17.0. The summed E-state index contributed by atoms with van der Waals surface area (Å²) in [6.07, 6.45) is 0. The van der Waals surface area contributed by atoms with E-state index < -0.39 is 5.82 Å². The number of anilines is 1. The number of imidazole rings is 1. The van der Waals surface area contributed by atoms with Crippen molar-refractivity contribution in [3.63, 3.8) is 0 Å². The van der Waals surface area contributed by atoms with E-state index in [1.807, 2.05) is 12.9 Å². The summed E-state index contributed by atoms with van der Waals surface area (Å²) in [4.78, 5) is 34.9. The van der Waals surface area contributed by atoms with Crippen molar-refractivity contribution in [2.24, 2.45) is 0 Å². The molecule has 10 heteroatoms. The van der Waals surface area contributed by atoms with Crippen LogP contribution in [0.2, 0.25) is 6.82 Å². The Labute approximate surface area is 153 Å². The Kier molecular flexibility index (Phi) is 3.80. The van der Waals surface area contributed by atoms with E-state index in [4.69, 9.17) is 0 Å². The van der Waals surface area contributed by atoms with Gasteiger partial charge in [0.1, 0.15) is 12.4 Å². The van der Waals surface area contributed by atoms with Crippen molar-refractivity contribution in [1.29, 1.82) is 5.26 Å². The minimum absolute atomic E-state index is 0.0651. The number of carbonyl (C=O) groups excluding carboxylic acids is 1. The van der Waals surface area contributed by atoms with Gasteiger partial charge in [-0.05, 0) is 23.8 Å². The van der Waals surface area contributed by atoms with Crippen molar-refractivity contribution < 1.29 is 9.18 Å². The van der Waals surface area contributed by atoms with Crippen molar-refractivity contribution in [1.82, 2.24) is 19.1 Å². The van der Waals surface area contributed by atoms with E-state index in [0.29, 0.717) is 29.8 Å². The third kappa shape index (κ3) is 2.51. The molecule has 4 rings (SSSR count). The van der Waals surface area contributed by atoms with Crippen LogP contribution in [0.5, 0.6) is 0 Å². The zero-order valence-corrected chi connectivity index (χ0v) is 14.7. The number of aromatic nitrogens is 4. The Balaban J connectivity index is 1.95. The highest BCUT2D eigenvalue weighted by Gasteiger charge is 2.29.